The summed E-state index contributed by atoms with van der Waals surface area (Å²) in [5, 5.41) is 3.29. The fraction of sp³-hybridized carbons (Fsp3) is 0.400. The summed E-state index contributed by atoms with van der Waals surface area (Å²) in [4.78, 5) is 0.251. The van der Waals surface area contributed by atoms with Gasteiger partial charge in [-0.15, -0.1) is 0 Å². The van der Waals surface area contributed by atoms with Gasteiger partial charge in [0, 0.05) is 19.6 Å². The van der Waals surface area contributed by atoms with Crippen LogP contribution in [-0.4, -0.2) is 15.0 Å². The van der Waals surface area contributed by atoms with Crippen LogP contribution in [0.15, 0.2) is 47.4 Å². The van der Waals surface area contributed by atoms with Crippen molar-refractivity contribution >= 4 is 10.0 Å². The van der Waals surface area contributed by atoms with E-state index in [-0.39, 0.29) is 11.4 Å². The molecule has 0 bridgehead atoms. The van der Waals surface area contributed by atoms with Crippen LogP contribution in [0.2, 0.25) is 0 Å². The Morgan fingerprint density at radius 1 is 1.04 bits per heavy atom. The van der Waals surface area contributed by atoms with Gasteiger partial charge in [-0.25, -0.2) is 13.1 Å². The topological polar surface area (TPSA) is 67.4 Å². The Kier molecular flexibility index (Phi) is 6.29. The second kappa shape index (κ2) is 8.66. The summed E-state index contributed by atoms with van der Waals surface area (Å²) in [6.45, 7) is 4.81. The summed E-state index contributed by atoms with van der Waals surface area (Å²) >= 11 is 0. The molecule has 1 aliphatic rings. The molecular formula is C20H26N2O3S. The minimum Gasteiger partial charge on any atom is -0.494 e. The van der Waals surface area contributed by atoms with Crippen LogP contribution in [0.5, 0.6) is 5.75 Å². The minimum atomic E-state index is -3.54. The number of hydrogen-bond acceptors (Lipinski definition) is 4. The van der Waals surface area contributed by atoms with Crippen LogP contribution in [0, 0.1) is 0 Å². The molecule has 0 unspecified atom stereocenters. The maximum Gasteiger partial charge on any atom is 0.240 e. The number of nitrogens with one attached hydrogen (secondary N) is 2. The summed E-state index contributed by atoms with van der Waals surface area (Å²) in [6, 6.07) is 12.7. The van der Waals surface area contributed by atoms with E-state index in [1.54, 1.807) is 24.3 Å². The van der Waals surface area contributed by atoms with Crippen molar-refractivity contribution in [3.8, 4) is 5.75 Å². The smallest absolute Gasteiger partial charge is 0.240 e. The highest BCUT2D eigenvalue weighted by atomic mass is 32.2. The number of rotatable bonds is 9. The molecule has 2 N–H and O–H groups in total. The summed E-state index contributed by atoms with van der Waals surface area (Å²) in [5.74, 6) is 0.700. The normalized spacial score (nSPS) is 13.6. The van der Waals surface area contributed by atoms with Gasteiger partial charge >= 0.3 is 0 Å². The Morgan fingerprint density at radius 3 is 2.58 bits per heavy atom. The first-order valence-corrected chi connectivity index (χ1v) is 10.6. The molecule has 5 nitrogen and oxygen atoms in total. The van der Waals surface area contributed by atoms with Crippen LogP contribution in [-0.2, 0) is 29.7 Å². The lowest BCUT2D eigenvalue weighted by Gasteiger charge is -2.10. The van der Waals surface area contributed by atoms with Crippen molar-refractivity contribution in [2.45, 2.75) is 50.7 Å². The lowest BCUT2D eigenvalue weighted by Crippen LogP contribution is -2.23. The van der Waals surface area contributed by atoms with E-state index in [0.717, 1.165) is 37.9 Å². The van der Waals surface area contributed by atoms with Crippen molar-refractivity contribution in [2.24, 2.45) is 0 Å². The van der Waals surface area contributed by atoms with E-state index in [9.17, 15) is 8.42 Å². The average Bonchev–Trinajstić information content (AvgIpc) is 3.12. The van der Waals surface area contributed by atoms with Gasteiger partial charge in [0.1, 0.15) is 5.75 Å². The number of unbranched alkanes of at least 4 members (excludes halogenated alkanes) is 2. The van der Waals surface area contributed by atoms with Gasteiger partial charge in [0.25, 0.3) is 0 Å². The molecule has 0 radical (unpaired) electrons. The van der Waals surface area contributed by atoms with Gasteiger partial charge < -0.3 is 10.1 Å². The summed E-state index contributed by atoms with van der Waals surface area (Å²) in [5.41, 5.74) is 3.49. The van der Waals surface area contributed by atoms with Gasteiger partial charge in [0.2, 0.25) is 10.0 Å². The summed E-state index contributed by atoms with van der Waals surface area (Å²) in [6.07, 6.45) is 3.29. The molecule has 1 heterocycles. The minimum absolute atomic E-state index is 0.251. The Morgan fingerprint density at radius 2 is 1.81 bits per heavy atom. The molecule has 2 aromatic rings. The Labute approximate surface area is 155 Å². The maximum atomic E-state index is 12.5. The molecule has 0 fully saturated rings. The van der Waals surface area contributed by atoms with Crippen LogP contribution in [0.25, 0.3) is 0 Å². The molecule has 0 amide bonds. The number of sulfonamides is 1. The molecule has 6 heteroatoms. The number of benzene rings is 2. The van der Waals surface area contributed by atoms with Gasteiger partial charge in [0.05, 0.1) is 11.5 Å². The molecule has 26 heavy (non-hydrogen) atoms. The number of hydrogen-bond donors (Lipinski definition) is 2. The van der Waals surface area contributed by atoms with E-state index < -0.39 is 10.0 Å². The lowest BCUT2D eigenvalue weighted by molar-refractivity contribution is 0.306. The van der Waals surface area contributed by atoms with Crippen molar-refractivity contribution in [2.75, 3.05) is 6.61 Å². The summed E-state index contributed by atoms with van der Waals surface area (Å²) < 4.78 is 33.3. The fourth-order valence-electron chi connectivity index (χ4n) is 2.98. The van der Waals surface area contributed by atoms with Gasteiger partial charge in [-0.2, -0.15) is 0 Å². The molecule has 0 saturated carbocycles. The zero-order valence-electron chi connectivity index (χ0n) is 15.1. The van der Waals surface area contributed by atoms with E-state index in [2.05, 4.69) is 29.1 Å². The molecule has 140 valence electrons. The Hall–Kier alpha value is -1.89. The highest BCUT2D eigenvalue weighted by Crippen LogP contribution is 2.19. The monoisotopic (exact) mass is 374 g/mol. The van der Waals surface area contributed by atoms with Gasteiger partial charge in [0.15, 0.2) is 0 Å². The predicted molar refractivity (Wildman–Crippen MR) is 102 cm³/mol. The Balaban J connectivity index is 1.57. The van der Waals surface area contributed by atoms with Crippen LogP contribution in [0.1, 0.15) is 42.9 Å². The molecule has 0 saturated heterocycles. The van der Waals surface area contributed by atoms with E-state index in [0.29, 0.717) is 12.4 Å². The predicted octanol–water partition coefficient (Wildman–Crippen LogP) is 3.34. The first kappa shape index (κ1) is 18.9. The third kappa shape index (κ3) is 4.84. The van der Waals surface area contributed by atoms with Gasteiger partial charge in [-0.3, -0.25) is 0 Å². The zero-order valence-corrected chi connectivity index (χ0v) is 15.9. The van der Waals surface area contributed by atoms with Crippen molar-refractivity contribution in [1.82, 2.24) is 10.0 Å². The van der Waals surface area contributed by atoms with Gasteiger partial charge in [-0.05, 0) is 47.4 Å². The van der Waals surface area contributed by atoms with Crippen molar-refractivity contribution in [3.63, 3.8) is 0 Å². The van der Waals surface area contributed by atoms with Crippen molar-refractivity contribution < 1.29 is 13.2 Å². The highest BCUT2D eigenvalue weighted by Gasteiger charge is 2.15. The van der Waals surface area contributed by atoms with Crippen LogP contribution in [0.3, 0.4) is 0 Å². The third-order valence-corrected chi connectivity index (χ3v) is 5.94. The highest BCUT2D eigenvalue weighted by molar-refractivity contribution is 7.89. The van der Waals surface area contributed by atoms with E-state index >= 15 is 0 Å². The second-order valence-corrected chi connectivity index (χ2v) is 8.33. The maximum absolute atomic E-state index is 12.5. The van der Waals surface area contributed by atoms with E-state index in [1.807, 2.05) is 6.07 Å². The average molecular weight is 375 g/mol. The van der Waals surface area contributed by atoms with Gasteiger partial charge in [-0.1, -0.05) is 38.0 Å². The number of fused-ring (bicyclic) bond motifs is 1. The van der Waals surface area contributed by atoms with Crippen LogP contribution in [0.4, 0.5) is 0 Å². The zero-order chi connectivity index (χ0) is 18.4. The first-order valence-electron chi connectivity index (χ1n) is 9.12. The SMILES string of the molecule is CCCCCOc1ccc(S(=O)(=O)NCc2ccc3c(c2)CNC3)cc1. The van der Waals surface area contributed by atoms with Crippen molar-refractivity contribution in [3.05, 3.63) is 59.2 Å². The standard InChI is InChI=1S/C20H26N2O3S/c1-2-3-4-11-25-19-7-9-20(10-8-19)26(23,24)22-13-16-5-6-17-14-21-15-18(17)12-16/h5-10,12,21-22H,2-4,11,13-15H2,1H3. The molecule has 0 aromatic heterocycles. The quantitative estimate of drug-likeness (QED) is 0.661. The third-order valence-electron chi connectivity index (χ3n) is 4.52. The van der Waals surface area contributed by atoms with Crippen LogP contribution >= 0.6 is 0 Å². The number of ether oxygens (including phenoxy) is 1. The molecule has 0 atom stereocenters. The largest absolute Gasteiger partial charge is 0.494 e. The molecule has 1 aliphatic heterocycles. The van der Waals surface area contributed by atoms with E-state index in [1.165, 1.54) is 11.1 Å². The molecule has 0 aliphatic carbocycles. The first-order chi connectivity index (χ1) is 12.6. The van der Waals surface area contributed by atoms with Crippen LogP contribution < -0.4 is 14.8 Å². The molecular weight excluding hydrogens is 348 g/mol. The van der Waals surface area contributed by atoms with E-state index in [4.69, 9.17) is 4.74 Å². The fourth-order valence-corrected chi connectivity index (χ4v) is 3.99. The second-order valence-electron chi connectivity index (χ2n) is 6.56. The Bertz CT molecular complexity index is 833. The lowest BCUT2D eigenvalue weighted by atomic mass is 10.1. The molecule has 3 rings (SSSR count). The molecule has 0 spiro atoms. The molecule has 2 aromatic carbocycles. The summed E-state index contributed by atoms with van der Waals surface area (Å²) in [7, 11) is -3.54. The van der Waals surface area contributed by atoms with Crippen molar-refractivity contribution in [1.29, 1.82) is 0 Å².